The van der Waals surface area contributed by atoms with Gasteiger partial charge in [0.25, 0.3) is 0 Å². The molecule has 0 spiro atoms. The van der Waals surface area contributed by atoms with E-state index in [1.807, 2.05) is 30.3 Å². The van der Waals surface area contributed by atoms with Crippen molar-refractivity contribution in [2.45, 2.75) is 0 Å². The Kier molecular flexibility index (Phi) is 3.03. The van der Waals surface area contributed by atoms with Crippen LogP contribution < -0.4 is 0 Å². The lowest BCUT2D eigenvalue weighted by Gasteiger charge is -2.02. The summed E-state index contributed by atoms with van der Waals surface area (Å²) >= 11 is 19.4. The largest absolute Gasteiger partial charge is 0.123 e. The van der Waals surface area contributed by atoms with Crippen molar-refractivity contribution in [2.24, 2.45) is 0 Å². The van der Waals surface area contributed by atoms with Gasteiger partial charge >= 0.3 is 0 Å². The molecule has 0 saturated carbocycles. The molecular weight excluding hydrogens is 259 g/mol. The maximum atomic E-state index is 6.05. The topological polar surface area (TPSA) is 0 Å². The van der Waals surface area contributed by atoms with Crippen molar-refractivity contribution in [2.75, 3.05) is 0 Å². The van der Waals surface area contributed by atoms with Gasteiger partial charge in [0.1, 0.15) is 0 Å². The first-order chi connectivity index (χ1) is 6.68. The Bertz CT molecular complexity index is 442. The summed E-state index contributed by atoms with van der Waals surface area (Å²) in [4.78, 5) is 0.991. The fourth-order valence-electron chi connectivity index (χ4n) is 1.18. The van der Waals surface area contributed by atoms with Crippen LogP contribution in [-0.4, -0.2) is 0 Å². The highest BCUT2D eigenvalue weighted by molar-refractivity contribution is 7.19. The van der Waals surface area contributed by atoms with Crippen molar-refractivity contribution in [3.63, 3.8) is 0 Å². The molecule has 1 aromatic heterocycles. The molecular formula is C10H5Cl3S. The Morgan fingerprint density at radius 3 is 2.00 bits per heavy atom. The minimum Gasteiger partial charge on any atom is -0.123 e. The summed E-state index contributed by atoms with van der Waals surface area (Å²) in [6.45, 7) is 0. The second kappa shape index (κ2) is 4.11. The number of hydrogen-bond donors (Lipinski definition) is 0. The molecule has 2 aromatic rings. The lowest BCUT2D eigenvalue weighted by molar-refractivity contribution is 1.69. The first-order valence-electron chi connectivity index (χ1n) is 3.88. The lowest BCUT2D eigenvalue weighted by Crippen LogP contribution is -1.76. The summed E-state index contributed by atoms with van der Waals surface area (Å²) < 4.78 is 0.732. The average molecular weight is 264 g/mol. The zero-order valence-electron chi connectivity index (χ0n) is 6.93. The van der Waals surface area contributed by atoms with Gasteiger partial charge in [-0.3, -0.25) is 0 Å². The van der Waals surface area contributed by atoms with Crippen LogP contribution in [0.3, 0.4) is 0 Å². The fourth-order valence-corrected chi connectivity index (χ4v) is 3.01. The Labute approximate surface area is 101 Å². The zero-order valence-corrected chi connectivity index (χ0v) is 10.0. The lowest BCUT2D eigenvalue weighted by atomic mass is 10.2. The monoisotopic (exact) mass is 262 g/mol. The molecule has 0 radical (unpaired) electrons. The molecule has 0 N–H and O–H groups in total. The smallest absolute Gasteiger partial charge is 0.0934 e. The van der Waals surface area contributed by atoms with E-state index in [0.717, 1.165) is 14.8 Å². The summed E-state index contributed by atoms with van der Waals surface area (Å²) in [6, 6.07) is 9.21. The Morgan fingerprint density at radius 2 is 1.50 bits per heavy atom. The molecule has 0 atom stereocenters. The van der Waals surface area contributed by atoms with Gasteiger partial charge < -0.3 is 0 Å². The minimum absolute atomic E-state index is 0.649. The SMILES string of the molecule is Clc1ccc(-c2c(Cl)cccc2Cl)s1. The van der Waals surface area contributed by atoms with E-state index in [-0.39, 0.29) is 0 Å². The normalized spacial score (nSPS) is 10.5. The van der Waals surface area contributed by atoms with Crippen LogP contribution in [0.25, 0.3) is 10.4 Å². The second-order valence-corrected chi connectivity index (χ2v) is 5.23. The highest BCUT2D eigenvalue weighted by atomic mass is 35.5. The van der Waals surface area contributed by atoms with E-state index in [1.165, 1.54) is 11.3 Å². The summed E-state index contributed by atoms with van der Waals surface area (Å²) in [6.07, 6.45) is 0. The molecule has 0 aliphatic carbocycles. The van der Waals surface area contributed by atoms with Gasteiger partial charge in [-0.05, 0) is 24.3 Å². The summed E-state index contributed by atoms with van der Waals surface area (Å²) in [5.74, 6) is 0. The van der Waals surface area contributed by atoms with Gasteiger partial charge in [0.05, 0.1) is 14.4 Å². The van der Waals surface area contributed by atoms with Crippen molar-refractivity contribution < 1.29 is 0 Å². The molecule has 1 heterocycles. The maximum absolute atomic E-state index is 6.05. The average Bonchev–Trinajstić information content (AvgIpc) is 2.51. The third-order valence-electron chi connectivity index (χ3n) is 1.78. The third kappa shape index (κ3) is 1.91. The second-order valence-electron chi connectivity index (χ2n) is 2.70. The minimum atomic E-state index is 0.649. The van der Waals surface area contributed by atoms with Gasteiger partial charge in [0.2, 0.25) is 0 Å². The van der Waals surface area contributed by atoms with E-state index in [1.54, 1.807) is 0 Å². The molecule has 0 aliphatic rings. The van der Waals surface area contributed by atoms with Crippen LogP contribution in [0.15, 0.2) is 30.3 Å². The molecule has 4 heteroatoms. The number of hydrogen-bond acceptors (Lipinski definition) is 1. The van der Waals surface area contributed by atoms with E-state index in [4.69, 9.17) is 34.8 Å². The molecule has 72 valence electrons. The Balaban J connectivity index is 2.61. The molecule has 0 fully saturated rings. The van der Waals surface area contributed by atoms with Gasteiger partial charge in [-0.25, -0.2) is 0 Å². The molecule has 2 rings (SSSR count). The van der Waals surface area contributed by atoms with Crippen LogP contribution in [0.1, 0.15) is 0 Å². The maximum Gasteiger partial charge on any atom is 0.0934 e. The van der Waals surface area contributed by atoms with Gasteiger partial charge in [0.15, 0.2) is 0 Å². The highest BCUT2D eigenvalue weighted by Crippen LogP contribution is 2.39. The predicted molar refractivity (Wildman–Crippen MR) is 64.8 cm³/mol. The van der Waals surface area contributed by atoms with E-state index in [9.17, 15) is 0 Å². The van der Waals surface area contributed by atoms with Crippen molar-refractivity contribution in [3.8, 4) is 10.4 Å². The molecule has 0 aliphatic heterocycles. The first kappa shape index (κ1) is 10.3. The Hall–Kier alpha value is -0.210. The van der Waals surface area contributed by atoms with E-state index in [0.29, 0.717) is 10.0 Å². The Morgan fingerprint density at radius 1 is 0.857 bits per heavy atom. The van der Waals surface area contributed by atoms with Gasteiger partial charge in [-0.2, -0.15) is 0 Å². The third-order valence-corrected chi connectivity index (χ3v) is 3.66. The van der Waals surface area contributed by atoms with Crippen molar-refractivity contribution in [1.29, 1.82) is 0 Å². The summed E-state index contributed by atoms with van der Waals surface area (Å²) in [7, 11) is 0. The van der Waals surface area contributed by atoms with Crippen LogP contribution in [0.5, 0.6) is 0 Å². The summed E-state index contributed by atoms with van der Waals surface area (Å²) in [5, 5.41) is 1.30. The number of benzene rings is 1. The highest BCUT2D eigenvalue weighted by Gasteiger charge is 2.09. The molecule has 0 unspecified atom stereocenters. The molecule has 0 amide bonds. The summed E-state index contributed by atoms with van der Waals surface area (Å²) in [5.41, 5.74) is 0.854. The molecule has 0 saturated heterocycles. The van der Waals surface area contributed by atoms with Gasteiger partial charge in [-0.1, -0.05) is 40.9 Å². The van der Waals surface area contributed by atoms with Crippen LogP contribution in [-0.2, 0) is 0 Å². The van der Waals surface area contributed by atoms with Crippen molar-refractivity contribution in [1.82, 2.24) is 0 Å². The molecule has 1 aromatic carbocycles. The number of halogens is 3. The van der Waals surface area contributed by atoms with Crippen LogP contribution in [0.4, 0.5) is 0 Å². The van der Waals surface area contributed by atoms with Crippen LogP contribution in [0, 0.1) is 0 Å². The van der Waals surface area contributed by atoms with E-state index in [2.05, 4.69) is 0 Å². The van der Waals surface area contributed by atoms with Crippen molar-refractivity contribution >= 4 is 46.1 Å². The van der Waals surface area contributed by atoms with Gasteiger partial charge in [0, 0.05) is 10.4 Å². The fraction of sp³-hybridized carbons (Fsp3) is 0. The van der Waals surface area contributed by atoms with Gasteiger partial charge in [-0.15, -0.1) is 11.3 Å². The zero-order chi connectivity index (χ0) is 10.1. The predicted octanol–water partition coefficient (Wildman–Crippen LogP) is 5.38. The number of rotatable bonds is 1. The van der Waals surface area contributed by atoms with E-state index >= 15 is 0 Å². The number of thiophene rings is 1. The quantitative estimate of drug-likeness (QED) is 0.648. The standard InChI is InChI=1S/C10H5Cl3S/c11-6-2-1-3-7(12)10(6)8-4-5-9(13)14-8/h1-5H. The van der Waals surface area contributed by atoms with Crippen LogP contribution >= 0.6 is 46.1 Å². The molecule has 0 nitrogen and oxygen atoms in total. The molecule has 14 heavy (non-hydrogen) atoms. The van der Waals surface area contributed by atoms with Crippen molar-refractivity contribution in [3.05, 3.63) is 44.7 Å². The van der Waals surface area contributed by atoms with Crippen LogP contribution in [0.2, 0.25) is 14.4 Å². The molecule has 0 bridgehead atoms. The first-order valence-corrected chi connectivity index (χ1v) is 5.83. The van der Waals surface area contributed by atoms with E-state index < -0.39 is 0 Å².